The van der Waals surface area contributed by atoms with Crippen molar-refractivity contribution in [3.05, 3.63) is 18.2 Å². The Hall–Kier alpha value is -1.35. The van der Waals surface area contributed by atoms with Gasteiger partial charge in [-0.05, 0) is 31.5 Å². The number of benzene rings is 1. The molecule has 0 aliphatic carbocycles. The predicted molar refractivity (Wildman–Crippen MR) is 98.6 cm³/mol. The van der Waals surface area contributed by atoms with Crippen molar-refractivity contribution in [2.75, 3.05) is 39.4 Å². The summed E-state index contributed by atoms with van der Waals surface area (Å²) in [5, 5.41) is 0. The van der Waals surface area contributed by atoms with Gasteiger partial charge in [-0.3, -0.25) is 0 Å². The topological polar surface area (TPSA) is 77.1 Å². The minimum absolute atomic E-state index is 0.0478. The molecule has 0 radical (unpaired) electrons. The molecule has 0 saturated carbocycles. The molecule has 0 amide bonds. The van der Waals surface area contributed by atoms with Gasteiger partial charge in [-0.2, -0.15) is 0 Å². The van der Waals surface area contributed by atoms with Gasteiger partial charge in [0.15, 0.2) is 11.5 Å². The van der Waals surface area contributed by atoms with E-state index in [4.69, 9.17) is 14.2 Å². The van der Waals surface area contributed by atoms with Gasteiger partial charge >= 0.3 is 0 Å². The Morgan fingerprint density at radius 3 is 2.89 bits per heavy atom. The molecule has 7 nitrogen and oxygen atoms in total. The van der Waals surface area contributed by atoms with E-state index in [0.29, 0.717) is 37.2 Å². The van der Waals surface area contributed by atoms with Gasteiger partial charge in [0.05, 0.1) is 16.6 Å². The Bertz CT molecular complexity index is 845. The summed E-state index contributed by atoms with van der Waals surface area (Å²) in [7, 11) is -3.60. The minimum atomic E-state index is -3.60. The first-order valence-corrected chi connectivity index (χ1v) is 11.3. The number of likely N-dealkylation sites (N-methyl/N-ethyl adjacent to an activating group) is 1. The molecule has 5 rings (SSSR count). The molecule has 1 aromatic carbocycles. The fraction of sp³-hybridized carbons (Fsp3) is 0.684. The van der Waals surface area contributed by atoms with Crippen LogP contribution in [-0.2, 0) is 14.8 Å². The number of ether oxygens (including phenoxy) is 3. The lowest BCUT2D eigenvalue weighted by Crippen LogP contribution is -2.41. The molecule has 4 aliphatic heterocycles. The highest BCUT2D eigenvalue weighted by molar-refractivity contribution is 7.89. The molecule has 4 atom stereocenters. The van der Waals surface area contributed by atoms with Crippen molar-refractivity contribution in [2.45, 2.75) is 36.4 Å². The van der Waals surface area contributed by atoms with Crippen LogP contribution in [0.15, 0.2) is 23.1 Å². The van der Waals surface area contributed by atoms with Gasteiger partial charge in [-0.1, -0.05) is 6.92 Å². The molecule has 2 bridgehead atoms. The third-order valence-corrected chi connectivity index (χ3v) is 8.06. The normalized spacial score (nSPS) is 34.8. The zero-order valence-corrected chi connectivity index (χ0v) is 16.3. The monoisotopic (exact) mass is 394 g/mol. The summed E-state index contributed by atoms with van der Waals surface area (Å²) in [5.41, 5.74) is -0.0478. The summed E-state index contributed by atoms with van der Waals surface area (Å²) in [6.07, 6.45) is 2.31. The minimum Gasteiger partial charge on any atom is -0.486 e. The second-order valence-electron chi connectivity index (χ2n) is 8.02. The summed E-state index contributed by atoms with van der Waals surface area (Å²) in [6, 6.07) is 4.78. The summed E-state index contributed by atoms with van der Waals surface area (Å²) in [5.74, 6) is 1.73. The SMILES string of the molecule is CCN1C[C@@H]2[C@H](CNS(=O)(=O)c3ccc4c(c3)OCCO4)[C@H]3CC[C@]2(C1)O3. The van der Waals surface area contributed by atoms with Gasteiger partial charge in [0.25, 0.3) is 0 Å². The number of rotatable bonds is 5. The van der Waals surface area contributed by atoms with Gasteiger partial charge in [0, 0.05) is 37.5 Å². The molecular weight excluding hydrogens is 368 g/mol. The van der Waals surface area contributed by atoms with Gasteiger partial charge in [0.2, 0.25) is 10.0 Å². The van der Waals surface area contributed by atoms with Gasteiger partial charge in [-0.25, -0.2) is 13.1 Å². The number of fused-ring (bicyclic) bond motifs is 2. The van der Waals surface area contributed by atoms with Crippen LogP contribution in [0.2, 0.25) is 0 Å². The van der Waals surface area contributed by atoms with E-state index in [0.717, 1.165) is 32.5 Å². The van der Waals surface area contributed by atoms with Crippen molar-refractivity contribution in [1.82, 2.24) is 9.62 Å². The number of hydrogen-bond acceptors (Lipinski definition) is 6. The maximum atomic E-state index is 12.8. The molecule has 0 unspecified atom stereocenters. The van der Waals surface area contributed by atoms with Crippen molar-refractivity contribution in [2.24, 2.45) is 11.8 Å². The zero-order valence-electron chi connectivity index (χ0n) is 15.5. The summed E-state index contributed by atoms with van der Waals surface area (Å²) in [4.78, 5) is 2.64. The number of sulfonamides is 1. The van der Waals surface area contributed by atoms with E-state index in [-0.39, 0.29) is 22.5 Å². The summed E-state index contributed by atoms with van der Waals surface area (Å²) < 4.78 is 45.8. The van der Waals surface area contributed by atoms with E-state index in [2.05, 4.69) is 16.5 Å². The first-order valence-electron chi connectivity index (χ1n) is 9.80. The molecule has 4 aliphatic rings. The highest BCUT2D eigenvalue weighted by Crippen LogP contribution is 2.54. The molecular formula is C19H26N2O5S. The maximum absolute atomic E-state index is 12.8. The lowest BCUT2D eigenvalue weighted by Gasteiger charge is -2.29. The lowest BCUT2D eigenvalue weighted by molar-refractivity contribution is 0.00325. The number of nitrogens with one attached hydrogen (secondary N) is 1. The first kappa shape index (κ1) is 17.7. The molecule has 0 aromatic heterocycles. The Labute approximate surface area is 160 Å². The Morgan fingerprint density at radius 2 is 2.07 bits per heavy atom. The molecule has 148 valence electrons. The van der Waals surface area contributed by atoms with Crippen molar-refractivity contribution in [1.29, 1.82) is 0 Å². The second kappa shape index (κ2) is 6.34. The van der Waals surface area contributed by atoms with Crippen LogP contribution in [-0.4, -0.2) is 64.4 Å². The summed E-state index contributed by atoms with van der Waals surface area (Å²) in [6.45, 7) is 6.51. The average molecular weight is 394 g/mol. The molecule has 3 saturated heterocycles. The van der Waals surface area contributed by atoms with Crippen molar-refractivity contribution in [3.63, 3.8) is 0 Å². The maximum Gasteiger partial charge on any atom is 0.240 e. The summed E-state index contributed by atoms with van der Waals surface area (Å²) >= 11 is 0. The van der Waals surface area contributed by atoms with Crippen LogP contribution in [0, 0.1) is 11.8 Å². The quantitative estimate of drug-likeness (QED) is 0.810. The molecule has 1 spiro atoms. The van der Waals surface area contributed by atoms with E-state index in [9.17, 15) is 8.42 Å². The third-order valence-electron chi connectivity index (χ3n) is 6.63. The fourth-order valence-corrected chi connectivity index (χ4v) is 6.37. The number of nitrogens with zero attached hydrogens (tertiary/aromatic N) is 1. The van der Waals surface area contributed by atoms with Gasteiger partial charge in [0.1, 0.15) is 13.2 Å². The van der Waals surface area contributed by atoms with E-state index in [1.807, 2.05) is 0 Å². The largest absolute Gasteiger partial charge is 0.486 e. The van der Waals surface area contributed by atoms with E-state index in [1.165, 1.54) is 0 Å². The van der Waals surface area contributed by atoms with Gasteiger partial charge < -0.3 is 19.1 Å². The van der Waals surface area contributed by atoms with Crippen LogP contribution >= 0.6 is 0 Å². The molecule has 27 heavy (non-hydrogen) atoms. The lowest BCUT2D eigenvalue weighted by atomic mass is 9.74. The van der Waals surface area contributed by atoms with Crippen molar-refractivity contribution >= 4 is 10.0 Å². The van der Waals surface area contributed by atoms with Crippen molar-refractivity contribution in [3.8, 4) is 11.5 Å². The Morgan fingerprint density at radius 1 is 1.26 bits per heavy atom. The molecule has 1 aromatic rings. The van der Waals surface area contributed by atoms with Crippen LogP contribution in [0.1, 0.15) is 19.8 Å². The van der Waals surface area contributed by atoms with Crippen LogP contribution in [0.5, 0.6) is 11.5 Å². The number of likely N-dealkylation sites (tertiary alicyclic amines) is 1. The van der Waals surface area contributed by atoms with Crippen LogP contribution in [0.3, 0.4) is 0 Å². The third kappa shape index (κ3) is 2.85. The first-order chi connectivity index (χ1) is 13.0. The average Bonchev–Trinajstić information content (AvgIpc) is 3.34. The molecule has 1 N–H and O–H groups in total. The van der Waals surface area contributed by atoms with Crippen molar-refractivity contribution < 1.29 is 22.6 Å². The van der Waals surface area contributed by atoms with Crippen LogP contribution in [0.25, 0.3) is 0 Å². The van der Waals surface area contributed by atoms with Gasteiger partial charge in [-0.15, -0.1) is 0 Å². The fourth-order valence-electron chi connectivity index (χ4n) is 5.28. The highest BCUT2D eigenvalue weighted by Gasteiger charge is 2.62. The Balaban J connectivity index is 1.31. The zero-order chi connectivity index (χ0) is 18.6. The van der Waals surface area contributed by atoms with E-state index in [1.54, 1.807) is 18.2 Å². The van der Waals surface area contributed by atoms with E-state index < -0.39 is 10.0 Å². The second-order valence-corrected chi connectivity index (χ2v) is 9.78. The van der Waals surface area contributed by atoms with Crippen LogP contribution < -0.4 is 14.2 Å². The smallest absolute Gasteiger partial charge is 0.240 e. The standard InChI is InChI=1S/C19H26N2O5S/c1-2-21-11-15-14(16-5-6-19(15,12-21)26-16)10-20-27(22,23)13-3-4-17-18(9-13)25-8-7-24-17/h3-4,9,14-16,20H,2,5-8,10-12H2,1H3/t14-,15+,16+,19+/m0/s1. The molecule has 3 fully saturated rings. The number of hydrogen-bond donors (Lipinski definition) is 1. The van der Waals surface area contributed by atoms with Crippen LogP contribution in [0.4, 0.5) is 0 Å². The Kier molecular flexibility index (Phi) is 4.16. The predicted octanol–water partition coefficient (Wildman–Crippen LogP) is 1.24. The molecule has 4 heterocycles. The van der Waals surface area contributed by atoms with E-state index >= 15 is 0 Å². The highest BCUT2D eigenvalue weighted by atomic mass is 32.2. The molecule has 8 heteroatoms.